The fraction of sp³-hybridized carbons (Fsp3) is 0.375. The minimum Gasteiger partial charge on any atom is -0.493 e. The predicted molar refractivity (Wildman–Crippen MR) is 128 cm³/mol. The van der Waals surface area contributed by atoms with Crippen LogP contribution in [0.1, 0.15) is 54.7 Å². The zero-order chi connectivity index (χ0) is 23.4. The summed E-state index contributed by atoms with van der Waals surface area (Å²) in [6.45, 7) is 7.05. The van der Waals surface area contributed by atoms with E-state index in [1.807, 2.05) is 37.3 Å². The lowest BCUT2D eigenvalue weighted by Crippen LogP contribution is -2.33. The van der Waals surface area contributed by atoms with E-state index in [4.69, 9.17) is 15.3 Å². The van der Waals surface area contributed by atoms with Crippen LogP contribution in [0.2, 0.25) is 0 Å². The molecule has 0 radical (unpaired) electrons. The van der Waals surface area contributed by atoms with Gasteiger partial charge >= 0.3 is 0 Å². The molecule has 0 spiro atoms. The van der Waals surface area contributed by atoms with Crippen LogP contribution < -0.4 is 20.6 Å². The Bertz CT molecular complexity index is 1130. The smallest absolute Gasteiger partial charge is 0.230 e. The maximum absolute atomic E-state index is 12.6. The molecule has 0 saturated heterocycles. The average Bonchev–Trinajstić information content (AvgIpc) is 3.15. The van der Waals surface area contributed by atoms with Crippen LogP contribution in [0.3, 0.4) is 0 Å². The molecule has 2 heterocycles. The molecule has 8 nitrogen and oxygen atoms in total. The van der Waals surface area contributed by atoms with Crippen molar-refractivity contribution in [1.29, 1.82) is 0 Å². The second-order valence-corrected chi connectivity index (χ2v) is 9.28. The van der Waals surface area contributed by atoms with Crippen molar-refractivity contribution >= 4 is 17.7 Å². The summed E-state index contributed by atoms with van der Waals surface area (Å²) in [5.74, 6) is 8.73. The number of carbonyl (C=O) groups is 1. The number of fused-ring (bicyclic) bond motifs is 1. The number of nitrogen functional groups attached to an aromatic ring is 1. The highest BCUT2D eigenvalue weighted by molar-refractivity contribution is 7.99. The summed E-state index contributed by atoms with van der Waals surface area (Å²) in [4.78, 5) is 12.6. The van der Waals surface area contributed by atoms with Gasteiger partial charge in [-0.05, 0) is 36.1 Å². The van der Waals surface area contributed by atoms with E-state index in [1.165, 1.54) is 16.4 Å². The molecule has 174 valence electrons. The van der Waals surface area contributed by atoms with E-state index in [0.29, 0.717) is 23.5 Å². The topological polar surface area (TPSA) is 104 Å². The number of nitrogens with one attached hydrogen (secondary N) is 1. The van der Waals surface area contributed by atoms with Crippen LogP contribution in [0.5, 0.6) is 11.5 Å². The van der Waals surface area contributed by atoms with Gasteiger partial charge in [0.1, 0.15) is 18.1 Å². The summed E-state index contributed by atoms with van der Waals surface area (Å²) in [6, 6.07) is 13.9. The van der Waals surface area contributed by atoms with Gasteiger partial charge in [0.05, 0.1) is 18.4 Å². The minimum absolute atomic E-state index is 0.0627. The van der Waals surface area contributed by atoms with E-state index in [2.05, 4.69) is 41.5 Å². The molecule has 3 aromatic rings. The number of benzene rings is 2. The van der Waals surface area contributed by atoms with Gasteiger partial charge in [-0.3, -0.25) is 4.79 Å². The van der Waals surface area contributed by atoms with Crippen LogP contribution in [0.15, 0.2) is 47.6 Å². The van der Waals surface area contributed by atoms with Gasteiger partial charge in [-0.25, -0.2) is 4.68 Å². The number of hydrogen-bond donors (Lipinski definition) is 2. The normalized spacial score (nSPS) is 15.1. The molecule has 1 unspecified atom stereocenters. The maximum atomic E-state index is 12.6. The highest BCUT2D eigenvalue weighted by Gasteiger charge is 2.23. The summed E-state index contributed by atoms with van der Waals surface area (Å²) >= 11 is 1.24. The van der Waals surface area contributed by atoms with Crippen LogP contribution in [0, 0.1) is 6.92 Å². The molecule has 2 aromatic carbocycles. The molecule has 1 aliphatic rings. The Morgan fingerprint density at radius 3 is 2.94 bits per heavy atom. The summed E-state index contributed by atoms with van der Waals surface area (Å²) in [5.41, 5.74) is 3.25. The van der Waals surface area contributed by atoms with Crippen LogP contribution in [0.4, 0.5) is 0 Å². The van der Waals surface area contributed by atoms with Crippen molar-refractivity contribution in [3.8, 4) is 11.5 Å². The Balaban J connectivity index is 1.34. The number of carbonyl (C=O) groups excluding carboxylic acids is 1. The highest BCUT2D eigenvalue weighted by Crippen LogP contribution is 2.32. The largest absolute Gasteiger partial charge is 0.493 e. The lowest BCUT2D eigenvalue weighted by Gasteiger charge is -2.26. The number of para-hydroxylation sites is 1. The number of rotatable bonds is 8. The quantitative estimate of drug-likeness (QED) is 0.384. The first-order chi connectivity index (χ1) is 15.9. The van der Waals surface area contributed by atoms with Gasteiger partial charge < -0.3 is 20.6 Å². The number of nitrogens with two attached hydrogens (primary N) is 1. The summed E-state index contributed by atoms with van der Waals surface area (Å²) < 4.78 is 13.1. The second kappa shape index (κ2) is 10.2. The second-order valence-electron chi connectivity index (χ2n) is 8.34. The lowest BCUT2D eigenvalue weighted by atomic mass is 10.0. The zero-order valence-electron chi connectivity index (χ0n) is 19.1. The monoisotopic (exact) mass is 467 g/mol. The molecule has 1 aromatic heterocycles. The summed E-state index contributed by atoms with van der Waals surface area (Å²) in [5, 5.41) is 11.8. The van der Waals surface area contributed by atoms with Crippen LogP contribution in [0.25, 0.3) is 0 Å². The zero-order valence-corrected chi connectivity index (χ0v) is 19.9. The fourth-order valence-electron chi connectivity index (χ4n) is 3.75. The van der Waals surface area contributed by atoms with E-state index in [-0.39, 0.29) is 24.3 Å². The van der Waals surface area contributed by atoms with Crippen molar-refractivity contribution < 1.29 is 14.3 Å². The number of ether oxygens (including phenoxy) is 2. The van der Waals surface area contributed by atoms with Crippen LogP contribution in [-0.2, 0) is 11.4 Å². The average molecular weight is 468 g/mol. The highest BCUT2D eigenvalue weighted by atomic mass is 32.2. The SMILES string of the molecule is Cc1ccc(C(C)C)c(OCc2nnc(SCC(=O)NC3CCOc4ccccc43)n2N)c1. The van der Waals surface area contributed by atoms with E-state index in [9.17, 15) is 4.79 Å². The molecule has 0 bridgehead atoms. The Hall–Kier alpha value is -3.20. The third kappa shape index (κ3) is 5.42. The predicted octanol–water partition coefficient (Wildman–Crippen LogP) is 3.73. The Morgan fingerprint density at radius 2 is 2.12 bits per heavy atom. The molecule has 3 N–H and O–H groups in total. The van der Waals surface area contributed by atoms with Gasteiger partial charge in [0.15, 0.2) is 5.82 Å². The number of amides is 1. The fourth-order valence-corrected chi connectivity index (χ4v) is 4.43. The number of nitrogens with zero attached hydrogens (tertiary/aromatic N) is 3. The van der Waals surface area contributed by atoms with Gasteiger partial charge in [-0.15, -0.1) is 10.2 Å². The minimum atomic E-state index is -0.0937. The molecule has 0 saturated carbocycles. The van der Waals surface area contributed by atoms with Crippen molar-refractivity contribution in [2.45, 2.75) is 50.9 Å². The van der Waals surface area contributed by atoms with Crippen LogP contribution >= 0.6 is 11.8 Å². The third-order valence-electron chi connectivity index (χ3n) is 5.51. The number of aromatic nitrogens is 3. The van der Waals surface area contributed by atoms with Crippen molar-refractivity contribution in [3.63, 3.8) is 0 Å². The van der Waals surface area contributed by atoms with E-state index in [1.54, 1.807) is 0 Å². The van der Waals surface area contributed by atoms with Gasteiger partial charge in [-0.2, -0.15) is 0 Å². The molecule has 4 rings (SSSR count). The Labute approximate surface area is 197 Å². The first-order valence-electron chi connectivity index (χ1n) is 11.0. The standard InChI is InChI=1S/C24H29N5O3S/c1-15(2)17-9-8-16(3)12-21(17)32-13-22-27-28-24(29(22)25)33-14-23(30)26-19-10-11-31-20-7-5-4-6-18(19)20/h4-9,12,15,19H,10-11,13-14,25H2,1-3H3,(H,26,30). The van der Waals surface area contributed by atoms with Gasteiger partial charge in [0.25, 0.3) is 0 Å². The van der Waals surface area contributed by atoms with Crippen molar-refractivity contribution in [2.75, 3.05) is 18.2 Å². The maximum Gasteiger partial charge on any atom is 0.230 e. The Morgan fingerprint density at radius 1 is 1.30 bits per heavy atom. The molecule has 1 amide bonds. The molecule has 0 aliphatic carbocycles. The van der Waals surface area contributed by atoms with E-state index < -0.39 is 0 Å². The summed E-state index contributed by atoms with van der Waals surface area (Å²) in [7, 11) is 0. The van der Waals surface area contributed by atoms with Gasteiger partial charge in [-0.1, -0.05) is 55.9 Å². The molecule has 33 heavy (non-hydrogen) atoms. The lowest BCUT2D eigenvalue weighted by molar-refractivity contribution is -0.119. The number of aryl methyl sites for hydroxylation is 1. The third-order valence-corrected chi connectivity index (χ3v) is 6.45. The molecule has 1 aliphatic heterocycles. The number of hydrogen-bond acceptors (Lipinski definition) is 7. The van der Waals surface area contributed by atoms with Crippen LogP contribution in [-0.4, -0.2) is 33.1 Å². The molecule has 1 atom stereocenters. The molecular weight excluding hydrogens is 438 g/mol. The molecule has 9 heteroatoms. The van der Waals surface area contributed by atoms with Gasteiger partial charge in [0, 0.05) is 12.0 Å². The van der Waals surface area contributed by atoms with Crippen molar-refractivity contribution in [2.24, 2.45) is 0 Å². The van der Waals surface area contributed by atoms with Crippen molar-refractivity contribution in [3.05, 3.63) is 65.0 Å². The summed E-state index contributed by atoms with van der Waals surface area (Å²) in [6.07, 6.45) is 0.735. The molecule has 0 fully saturated rings. The Kier molecular flexibility index (Phi) is 7.08. The van der Waals surface area contributed by atoms with E-state index >= 15 is 0 Å². The molecular formula is C24H29N5O3S. The van der Waals surface area contributed by atoms with Gasteiger partial charge in [0.2, 0.25) is 11.1 Å². The first-order valence-corrected chi connectivity index (χ1v) is 12.0. The number of thioether (sulfide) groups is 1. The van der Waals surface area contributed by atoms with Crippen molar-refractivity contribution in [1.82, 2.24) is 20.2 Å². The van der Waals surface area contributed by atoms with E-state index in [0.717, 1.165) is 34.6 Å². The first kappa shape index (κ1) is 23.0.